The molecule has 3 aliphatic rings. The first-order valence-electron chi connectivity index (χ1n) is 6.87. The summed E-state index contributed by atoms with van der Waals surface area (Å²) in [6.45, 7) is 4.39. The van der Waals surface area contributed by atoms with Crippen LogP contribution in [0.4, 0.5) is 0 Å². The monoisotopic (exact) mass is 261 g/mol. The smallest absolute Gasteiger partial charge is 0.355 e. The maximum absolute atomic E-state index is 11.8. The van der Waals surface area contributed by atoms with Crippen LogP contribution in [-0.4, -0.2) is 41.6 Å². The molecule has 102 valence electrons. The SMILES string of the molecule is CCOC(=O)C1=CN2C(N3CCCC3)=CC=CC2N1. The van der Waals surface area contributed by atoms with Crippen LogP contribution in [0.15, 0.2) is 35.9 Å². The third kappa shape index (κ3) is 2.20. The summed E-state index contributed by atoms with van der Waals surface area (Å²) in [6.07, 6.45) is 10.6. The molecule has 0 saturated carbocycles. The molecule has 5 nitrogen and oxygen atoms in total. The molecule has 3 rings (SSSR count). The second-order valence-electron chi connectivity index (χ2n) is 4.86. The average molecular weight is 261 g/mol. The van der Waals surface area contributed by atoms with Crippen LogP contribution in [0.25, 0.3) is 0 Å². The molecule has 0 aromatic carbocycles. The van der Waals surface area contributed by atoms with Crippen LogP contribution >= 0.6 is 0 Å². The Morgan fingerprint density at radius 2 is 2.26 bits per heavy atom. The molecule has 0 radical (unpaired) electrons. The number of carbonyl (C=O) groups is 1. The van der Waals surface area contributed by atoms with Crippen LogP contribution in [0.2, 0.25) is 0 Å². The highest BCUT2D eigenvalue weighted by molar-refractivity contribution is 5.88. The van der Waals surface area contributed by atoms with Gasteiger partial charge in [-0.3, -0.25) is 0 Å². The lowest BCUT2D eigenvalue weighted by molar-refractivity contribution is -0.138. The lowest BCUT2D eigenvalue weighted by Gasteiger charge is -2.34. The zero-order chi connectivity index (χ0) is 13.2. The van der Waals surface area contributed by atoms with Gasteiger partial charge in [-0.2, -0.15) is 0 Å². The van der Waals surface area contributed by atoms with Gasteiger partial charge >= 0.3 is 5.97 Å². The Kier molecular flexibility index (Phi) is 3.19. The molecule has 3 heterocycles. The van der Waals surface area contributed by atoms with Crippen molar-refractivity contribution >= 4 is 5.97 Å². The van der Waals surface area contributed by atoms with Crippen molar-refractivity contribution in [1.82, 2.24) is 15.1 Å². The summed E-state index contributed by atoms with van der Waals surface area (Å²) < 4.78 is 5.04. The fourth-order valence-electron chi connectivity index (χ4n) is 2.70. The van der Waals surface area contributed by atoms with Crippen LogP contribution in [0.5, 0.6) is 0 Å². The van der Waals surface area contributed by atoms with E-state index in [1.807, 2.05) is 25.3 Å². The summed E-state index contributed by atoms with van der Waals surface area (Å²) in [4.78, 5) is 16.3. The second kappa shape index (κ2) is 4.99. The Bertz CT molecular complexity index is 461. The Balaban J connectivity index is 1.79. The quantitative estimate of drug-likeness (QED) is 0.772. The average Bonchev–Trinajstić information content (AvgIpc) is 3.07. The zero-order valence-corrected chi connectivity index (χ0v) is 11.1. The van der Waals surface area contributed by atoms with E-state index in [0.717, 1.165) is 18.9 Å². The zero-order valence-electron chi connectivity index (χ0n) is 11.1. The minimum Gasteiger partial charge on any atom is -0.461 e. The minimum atomic E-state index is -0.286. The summed E-state index contributed by atoms with van der Waals surface area (Å²) >= 11 is 0. The fraction of sp³-hybridized carbons (Fsp3) is 0.500. The normalized spacial score (nSPS) is 24.8. The summed E-state index contributed by atoms with van der Waals surface area (Å²) in [5, 5.41) is 3.19. The molecule has 1 N–H and O–H groups in total. The van der Waals surface area contributed by atoms with Gasteiger partial charge in [0.15, 0.2) is 0 Å². The third-order valence-corrected chi connectivity index (χ3v) is 3.60. The number of likely N-dealkylation sites (tertiary alicyclic amines) is 1. The van der Waals surface area contributed by atoms with Gasteiger partial charge in [0.25, 0.3) is 0 Å². The first-order valence-corrected chi connectivity index (χ1v) is 6.87. The maximum atomic E-state index is 11.8. The standard InChI is InChI=1S/C14H19N3O2/c1-2-19-14(18)11-10-17-12(15-11)6-5-7-13(17)16-8-3-4-9-16/h5-7,10,12,15H,2-4,8-9H2,1H3. The van der Waals surface area contributed by atoms with Gasteiger partial charge in [-0.05, 0) is 31.9 Å². The van der Waals surface area contributed by atoms with Gasteiger partial charge in [-0.1, -0.05) is 6.08 Å². The van der Waals surface area contributed by atoms with Gasteiger partial charge in [-0.25, -0.2) is 4.79 Å². The van der Waals surface area contributed by atoms with Crippen LogP contribution in [0.1, 0.15) is 19.8 Å². The number of hydrogen-bond acceptors (Lipinski definition) is 5. The Morgan fingerprint density at radius 1 is 1.47 bits per heavy atom. The van der Waals surface area contributed by atoms with E-state index in [0.29, 0.717) is 12.3 Å². The fourth-order valence-corrected chi connectivity index (χ4v) is 2.70. The van der Waals surface area contributed by atoms with Crippen LogP contribution in [0.3, 0.4) is 0 Å². The molecule has 3 aliphatic heterocycles. The van der Waals surface area contributed by atoms with Gasteiger partial charge in [0.2, 0.25) is 0 Å². The number of ether oxygens (including phenoxy) is 1. The summed E-state index contributed by atoms with van der Waals surface area (Å²) in [5.41, 5.74) is 0.531. The molecular formula is C14H19N3O2. The van der Waals surface area contributed by atoms with Crippen molar-refractivity contribution in [2.24, 2.45) is 0 Å². The first kappa shape index (κ1) is 12.1. The van der Waals surface area contributed by atoms with Crippen molar-refractivity contribution in [2.75, 3.05) is 19.7 Å². The molecule has 19 heavy (non-hydrogen) atoms. The Labute approximate surface area is 113 Å². The lowest BCUT2D eigenvalue weighted by Crippen LogP contribution is -2.41. The van der Waals surface area contributed by atoms with E-state index in [9.17, 15) is 4.79 Å². The maximum Gasteiger partial charge on any atom is 0.355 e. The van der Waals surface area contributed by atoms with Gasteiger partial charge in [0.05, 0.1) is 6.61 Å². The molecule has 0 spiro atoms. The van der Waals surface area contributed by atoms with Crippen molar-refractivity contribution in [3.8, 4) is 0 Å². The molecular weight excluding hydrogens is 242 g/mol. The van der Waals surface area contributed by atoms with Crippen molar-refractivity contribution in [3.05, 3.63) is 35.9 Å². The van der Waals surface area contributed by atoms with Gasteiger partial charge in [-0.15, -0.1) is 0 Å². The Hall–Kier alpha value is -1.91. The number of allylic oxidation sites excluding steroid dienone is 2. The summed E-state index contributed by atoms with van der Waals surface area (Å²) in [6, 6.07) is 0. The largest absolute Gasteiger partial charge is 0.461 e. The van der Waals surface area contributed by atoms with E-state index in [-0.39, 0.29) is 12.1 Å². The van der Waals surface area contributed by atoms with E-state index in [1.54, 1.807) is 0 Å². The molecule has 0 aliphatic carbocycles. The van der Waals surface area contributed by atoms with Crippen LogP contribution in [-0.2, 0) is 9.53 Å². The molecule has 1 fully saturated rings. The van der Waals surface area contributed by atoms with Gasteiger partial charge < -0.3 is 19.9 Å². The second-order valence-corrected chi connectivity index (χ2v) is 4.86. The highest BCUT2D eigenvalue weighted by Crippen LogP contribution is 2.27. The number of rotatable bonds is 3. The van der Waals surface area contributed by atoms with Gasteiger partial charge in [0, 0.05) is 19.3 Å². The van der Waals surface area contributed by atoms with Crippen molar-refractivity contribution in [2.45, 2.75) is 25.9 Å². The molecule has 1 saturated heterocycles. The third-order valence-electron chi connectivity index (χ3n) is 3.60. The van der Waals surface area contributed by atoms with E-state index in [2.05, 4.69) is 21.2 Å². The molecule has 5 heteroatoms. The number of hydrogen-bond donors (Lipinski definition) is 1. The molecule has 0 bridgehead atoms. The number of nitrogens with zero attached hydrogens (tertiary/aromatic N) is 2. The number of fused-ring (bicyclic) bond motifs is 1. The summed E-state index contributed by atoms with van der Waals surface area (Å²) in [7, 11) is 0. The van der Waals surface area contributed by atoms with Crippen molar-refractivity contribution in [1.29, 1.82) is 0 Å². The van der Waals surface area contributed by atoms with E-state index in [1.165, 1.54) is 12.8 Å². The number of esters is 1. The minimum absolute atomic E-state index is 0.0278. The Morgan fingerprint density at radius 3 is 3.00 bits per heavy atom. The van der Waals surface area contributed by atoms with Crippen molar-refractivity contribution in [3.63, 3.8) is 0 Å². The lowest BCUT2D eigenvalue weighted by atomic mass is 10.3. The van der Waals surface area contributed by atoms with E-state index in [4.69, 9.17) is 4.74 Å². The predicted octanol–water partition coefficient (Wildman–Crippen LogP) is 1.13. The van der Waals surface area contributed by atoms with Crippen molar-refractivity contribution < 1.29 is 9.53 Å². The first-order chi connectivity index (χ1) is 9.29. The van der Waals surface area contributed by atoms with Gasteiger partial charge in [0.1, 0.15) is 17.7 Å². The molecule has 0 amide bonds. The highest BCUT2D eigenvalue weighted by atomic mass is 16.5. The number of nitrogens with one attached hydrogen (secondary N) is 1. The predicted molar refractivity (Wildman–Crippen MR) is 71.5 cm³/mol. The van der Waals surface area contributed by atoms with E-state index < -0.39 is 0 Å². The molecule has 0 aromatic heterocycles. The molecule has 1 unspecified atom stereocenters. The van der Waals surface area contributed by atoms with Crippen LogP contribution < -0.4 is 5.32 Å². The number of carbonyl (C=O) groups excluding carboxylic acids is 1. The van der Waals surface area contributed by atoms with E-state index >= 15 is 0 Å². The summed E-state index contributed by atoms with van der Waals surface area (Å²) in [5.74, 6) is 0.878. The topological polar surface area (TPSA) is 44.8 Å². The molecule has 1 atom stereocenters. The van der Waals surface area contributed by atoms with Crippen LogP contribution in [0, 0.1) is 0 Å². The molecule has 0 aromatic rings. The highest BCUT2D eigenvalue weighted by Gasteiger charge is 2.32.